The number of nitrogens with zero attached hydrogens (tertiary/aromatic N) is 2. The number of nitrogens with one attached hydrogen (secondary N) is 1. The lowest BCUT2D eigenvalue weighted by atomic mass is 9.68. The largest absolute Gasteiger partial charge is 0.356 e. The summed E-state index contributed by atoms with van der Waals surface area (Å²) < 4.78 is 27.5. The summed E-state index contributed by atoms with van der Waals surface area (Å²) in [5.74, 6) is 0.114. The Morgan fingerprint density at radius 1 is 1.38 bits per heavy atom. The average Bonchev–Trinajstić information content (AvgIpc) is 2.93. The summed E-state index contributed by atoms with van der Waals surface area (Å²) in [6.07, 6.45) is 8.54. The van der Waals surface area contributed by atoms with E-state index in [1.807, 2.05) is 0 Å². The molecule has 1 aliphatic heterocycles. The molecule has 1 atom stereocenters. The van der Waals surface area contributed by atoms with Crippen LogP contribution in [0.25, 0.3) is 0 Å². The zero-order chi connectivity index (χ0) is 17.2. The van der Waals surface area contributed by atoms with Gasteiger partial charge in [0, 0.05) is 39.0 Å². The molecule has 1 spiro atoms. The van der Waals surface area contributed by atoms with Crippen LogP contribution in [0.1, 0.15) is 39.0 Å². The molecule has 6 nitrogen and oxygen atoms in total. The van der Waals surface area contributed by atoms with E-state index in [-0.39, 0.29) is 22.1 Å². The van der Waals surface area contributed by atoms with Crippen LogP contribution in [0.5, 0.6) is 0 Å². The Labute approximate surface area is 143 Å². The van der Waals surface area contributed by atoms with Gasteiger partial charge in [-0.1, -0.05) is 19.3 Å². The maximum atomic E-state index is 12.9. The summed E-state index contributed by atoms with van der Waals surface area (Å²) in [5, 5.41) is 2.90. The standard InChI is InChI=1S/C17H25N3O3S/c1-14(21)19-10-15-12-20(13-17(15)7-3-2-4-8-17)24(22,23)16-6-5-9-18-11-16/h5-6,9,11,15H,2-4,7-8,10,12-13H2,1H3,(H,19,21). The second-order valence-electron chi connectivity index (χ2n) is 7.04. The highest BCUT2D eigenvalue weighted by Gasteiger charge is 2.50. The van der Waals surface area contributed by atoms with E-state index in [0.717, 1.165) is 25.7 Å². The molecule has 0 radical (unpaired) electrons. The zero-order valence-electron chi connectivity index (χ0n) is 14.1. The smallest absolute Gasteiger partial charge is 0.244 e. The second-order valence-corrected chi connectivity index (χ2v) is 8.98. The fraction of sp³-hybridized carbons (Fsp3) is 0.647. The number of carbonyl (C=O) groups is 1. The Hall–Kier alpha value is -1.47. The molecule has 0 bridgehead atoms. The number of hydrogen-bond acceptors (Lipinski definition) is 4. The van der Waals surface area contributed by atoms with Gasteiger partial charge in [0.05, 0.1) is 0 Å². The predicted molar refractivity (Wildman–Crippen MR) is 90.7 cm³/mol. The van der Waals surface area contributed by atoms with Gasteiger partial charge in [-0.15, -0.1) is 0 Å². The first-order valence-electron chi connectivity index (χ1n) is 8.59. The van der Waals surface area contributed by atoms with Crippen molar-refractivity contribution in [3.8, 4) is 0 Å². The van der Waals surface area contributed by atoms with Gasteiger partial charge < -0.3 is 5.32 Å². The van der Waals surface area contributed by atoms with Crippen molar-refractivity contribution >= 4 is 15.9 Å². The van der Waals surface area contributed by atoms with Gasteiger partial charge in [0.1, 0.15) is 4.90 Å². The van der Waals surface area contributed by atoms with Gasteiger partial charge >= 0.3 is 0 Å². The van der Waals surface area contributed by atoms with Crippen LogP contribution in [0.3, 0.4) is 0 Å². The van der Waals surface area contributed by atoms with Crippen LogP contribution in [-0.2, 0) is 14.8 Å². The number of pyridine rings is 1. The van der Waals surface area contributed by atoms with Crippen molar-refractivity contribution in [1.82, 2.24) is 14.6 Å². The molecule has 2 aliphatic rings. The van der Waals surface area contributed by atoms with Crippen molar-refractivity contribution in [2.24, 2.45) is 11.3 Å². The van der Waals surface area contributed by atoms with Crippen molar-refractivity contribution in [2.75, 3.05) is 19.6 Å². The lowest BCUT2D eigenvalue weighted by Crippen LogP contribution is -2.39. The van der Waals surface area contributed by atoms with Crippen LogP contribution < -0.4 is 5.32 Å². The molecular formula is C17H25N3O3S. The van der Waals surface area contributed by atoms with E-state index >= 15 is 0 Å². The van der Waals surface area contributed by atoms with Crippen LogP contribution >= 0.6 is 0 Å². The first kappa shape index (κ1) is 17.4. The first-order valence-corrected chi connectivity index (χ1v) is 10.0. The topological polar surface area (TPSA) is 79.4 Å². The number of hydrogen-bond donors (Lipinski definition) is 1. The Kier molecular flexibility index (Phi) is 4.92. The molecule has 1 aromatic rings. The van der Waals surface area contributed by atoms with Gasteiger partial charge in [-0.2, -0.15) is 4.31 Å². The third kappa shape index (κ3) is 3.32. The molecular weight excluding hydrogens is 326 g/mol. The summed E-state index contributed by atoms with van der Waals surface area (Å²) in [7, 11) is -3.53. The quantitative estimate of drug-likeness (QED) is 0.897. The van der Waals surface area contributed by atoms with Gasteiger partial charge in [-0.3, -0.25) is 9.78 Å². The highest BCUT2D eigenvalue weighted by molar-refractivity contribution is 7.89. The van der Waals surface area contributed by atoms with Gasteiger partial charge in [0.25, 0.3) is 0 Å². The molecule has 1 aromatic heterocycles. The SMILES string of the molecule is CC(=O)NCC1CN(S(=O)(=O)c2cccnc2)CC12CCCCC2. The first-order chi connectivity index (χ1) is 11.4. The number of amides is 1. The maximum Gasteiger partial charge on any atom is 0.244 e. The minimum atomic E-state index is -3.53. The zero-order valence-corrected chi connectivity index (χ0v) is 14.9. The average molecular weight is 351 g/mol. The minimum absolute atomic E-state index is 0.00399. The maximum absolute atomic E-state index is 12.9. The highest BCUT2D eigenvalue weighted by atomic mass is 32.2. The van der Waals surface area contributed by atoms with E-state index in [4.69, 9.17) is 0 Å². The van der Waals surface area contributed by atoms with Gasteiger partial charge in [0.15, 0.2) is 0 Å². The van der Waals surface area contributed by atoms with E-state index in [9.17, 15) is 13.2 Å². The molecule has 2 heterocycles. The lowest BCUT2D eigenvalue weighted by molar-refractivity contribution is -0.119. The number of carbonyl (C=O) groups excluding carboxylic acids is 1. The lowest BCUT2D eigenvalue weighted by Gasteiger charge is -2.38. The van der Waals surface area contributed by atoms with Crippen LogP contribution in [0.15, 0.2) is 29.4 Å². The van der Waals surface area contributed by atoms with Crippen molar-refractivity contribution in [1.29, 1.82) is 0 Å². The van der Waals surface area contributed by atoms with Crippen molar-refractivity contribution in [3.05, 3.63) is 24.5 Å². The minimum Gasteiger partial charge on any atom is -0.356 e. The molecule has 1 saturated heterocycles. The molecule has 1 saturated carbocycles. The van der Waals surface area contributed by atoms with Crippen molar-refractivity contribution < 1.29 is 13.2 Å². The van der Waals surface area contributed by atoms with Gasteiger partial charge in [0.2, 0.25) is 15.9 Å². The van der Waals surface area contributed by atoms with E-state index in [2.05, 4.69) is 10.3 Å². The van der Waals surface area contributed by atoms with Crippen molar-refractivity contribution in [3.63, 3.8) is 0 Å². The van der Waals surface area contributed by atoms with Crippen LogP contribution in [0.4, 0.5) is 0 Å². The van der Waals surface area contributed by atoms with Gasteiger partial charge in [-0.05, 0) is 36.3 Å². The van der Waals surface area contributed by atoms with Crippen LogP contribution in [0.2, 0.25) is 0 Å². The summed E-state index contributed by atoms with van der Waals surface area (Å²) in [4.78, 5) is 15.5. The van der Waals surface area contributed by atoms with Gasteiger partial charge in [-0.25, -0.2) is 8.42 Å². The van der Waals surface area contributed by atoms with E-state index in [1.54, 1.807) is 22.6 Å². The molecule has 2 fully saturated rings. The summed E-state index contributed by atoms with van der Waals surface area (Å²) >= 11 is 0. The molecule has 0 aromatic carbocycles. The van der Waals surface area contributed by atoms with Crippen LogP contribution in [0, 0.1) is 11.3 Å². The Morgan fingerprint density at radius 3 is 2.75 bits per heavy atom. The Balaban J connectivity index is 1.85. The number of rotatable bonds is 4. The molecule has 3 rings (SSSR count). The van der Waals surface area contributed by atoms with E-state index in [0.29, 0.717) is 19.6 Å². The molecule has 1 amide bonds. The monoisotopic (exact) mass is 351 g/mol. The highest BCUT2D eigenvalue weighted by Crippen LogP contribution is 2.48. The molecule has 24 heavy (non-hydrogen) atoms. The van der Waals surface area contributed by atoms with Crippen LogP contribution in [-0.4, -0.2) is 43.2 Å². The molecule has 132 valence electrons. The normalized spacial score (nSPS) is 24.1. The summed E-state index contributed by atoms with van der Waals surface area (Å²) in [5.41, 5.74) is -0.00399. The summed E-state index contributed by atoms with van der Waals surface area (Å²) in [6.45, 7) is 3.08. The van der Waals surface area contributed by atoms with Crippen molar-refractivity contribution in [2.45, 2.75) is 43.9 Å². The molecule has 1 aliphatic carbocycles. The fourth-order valence-corrected chi connectivity index (χ4v) is 5.73. The summed E-state index contributed by atoms with van der Waals surface area (Å²) in [6, 6.07) is 3.24. The Morgan fingerprint density at radius 2 is 2.12 bits per heavy atom. The number of sulfonamides is 1. The third-order valence-electron chi connectivity index (χ3n) is 5.50. The van der Waals surface area contributed by atoms with E-state index in [1.165, 1.54) is 19.5 Å². The number of aromatic nitrogens is 1. The Bertz CT molecular complexity index is 684. The van der Waals surface area contributed by atoms with E-state index < -0.39 is 10.0 Å². The molecule has 1 N–H and O–H groups in total. The fourth-order valence-electron chi connectivity index (χ4n) is 4.19. The third-order valence-corrected chi connectivity index (χ3v) is 7.30. The molecule has 1 unspecified atom stereocenters. The predicted octanol–water partition coefficient (Wildman–Crippen LogP) is 1.79. The second kappa shape index (κ2) is 6.80. The molecule has 7 heteroatoms.